The Morgan fingerprint density at radius 3 is 2.89 bits per heavy atom. The predicted octanol–water partition coefficient (Wildman–Crippen LogP) is 2.55. The standard InChI is InChI=1S/C18H20F3N3O3/c19-18(20,21)6-1-7-27-14-10-24(11-14)16(26)5-2-12-8-13-3-4-15(25)23-17(13)22-9-12/h2,5,8-9,14H,1,3-4,6-7,10-11H2,(H,22,23,25). The van der Waals surface area contributed by atoms with Crippen molar-refractivity contribution in [2.45, 2.75) is 38.0 Å². The predicted molar refractivity (Wildman–Crippen MR) is 91.8 cm³/mol. The third kappa shape index (κ3) is 5.53. The number of nitrogens with zero attached hydrogens (tertiary/aromatic N) is 2. The van der Waals surface area contributed by atoms with E-state index in [1.54, 1.807) is 17.2 Å². The second-order valence-electron chi connectivity index (χ2n) is 6.61. The molecule has 0 spiro atoms. The SMILES string of the molecule is O=C1CCc2cc(C=CC(=O)N3CC(OCCCC(F)(F)F)C3)cnc2N1. The minimum absolute atomic E-state index is 0.0411. The van der Waals surface area contributed by atoms with Gasteiger partial charge in [0.15, 0.2) is 0 Å². The molecule has 27 heavy (non-hydrogen) atoms. The molecule has 0 radical (unpaired) electrons. The Bertz CT molecular complexity index is 743. The second kappa shape index (κ2) is 8.08. The van der Waals surface area contributed by atoms with Gasteiger partial charge in [0.05, 0.1) is 6.10 Å². The van der Waals surface area contributed by atoms with Crippen molar-refractivity contribution in [1.82, 2.24) is 9.88 Å². The molecule has 9 heteroatoms. The highest BCUT2D eigenvalue weighted by Crippen LogP contribution is 2.23. The van der Waals surface area contributed by atoms with Crippen LogP contribution in [0.25, 0.3) is 6.08 Å². The number of hydrogen-bond donors (Lipinski definition) is 1. The molecule has 0 atom stereocenters. The van der Waals surface area contributed by atoms with Gasteiger partial charge in [-0.15, -0.1) is 0 Å². The van der Waals surface area contributed by atoms with Crippen LogP contribution in [-0.4, -0.2) is 53.7 Å². The molecule has 2 aliphatic heterocycles. The number of alkyl halides is 3. The number of carbonyl (C=O) groups is 2. The fourth-order valence-electron chi connectivity index (χ4n) is 2.88. The summed E-state index contributed by atoms with van der Waals surface area (Å²) < 4.78 is 41.4. The molecule has 3 heterocycles. The number of carbonyl (C=O) groups excluding carboxylic acids is 2. The Morgan fingerprint density at radius 2 is 2.15 bits per heavy atom. The molecule has 0 unspecified atom stereocenters. The van der Waals surface area contributed by atoms with E-state index in [1.165, 1.54) is 6.08 Å². The van der Waals surface area contributed by atoms with Gasteiger partial charge in [-0.1, -0.05) is 0 Å². The fraction of sp³-hybridized carbons (Fsp3) is 0.500. The first kappa shape index (κ1) is 19.3. The number of anilines is 1. The van der Waals surface area contributed by atoms with E-state index in [0.717, 1.165) is 11.1 Å². The zero-order chi connectivity index (χ0) is 19.4. The summed E-state index contributed by atoms with van der Waals surface area (Å²) in [5, 5.41) is 2.70. The van der Waals surface area contributed by atoms with Crippen LogP contribution in [0.1, 0.15) is 30.4 Å². The van der Waals surface area contributed by atoms with Crippen LogP contribution in [0.5, 0.6) is 0 Å². The molecule has 2 amide bonds. The smallest absolute Gasteiger partial charge is 0.375 e. The van der Waals surface area contributed by atoms with E-state index in [1.807, 2.05) is 6.07 Å². The topological polar surface area (TPSA) is 71.5 Å². The average molecular weight is 383 g/mol. The molecule has 3 rings (SSSR count). The van der Waals surface area contributed by atoms with Gasteiger partial charge in [-0.3, -0.25) is 9.59 Å². The van der Waals surface area contributed by atoms with Crippen LogP contribution in [0.4, 0.5) is 19.0 Å². The monoisotopic (exact) mass is 383 g/mol. The molecule has 0 aliphatic carbocycles. The van der Waals surface area contributed by atoms with Crippen molar-refractivity contribution in [3.8, 4) is 0 Å². The minimum Gasteiger partial charge on any atom is -0.375 e. The lowest BCUT2D eigenvalue weighted by atomic mass is 10.0. The van der Waals surface area contributed by atoms with Crippen LogP contribution in [0.2, 0.25) is 0 Å². The summed E-state index contributed by atoms with van der Waals surface area (Å²) >= 11 is 0. The molecule has 1 aromatic heterocycles. The van der Waals surface area contributed by atoms with Crippen molar-refractivity contribution in [1.29, 1.82) is 0 Å². The van der Waals surface area contributed by atoms with Gasteiger partial charge in [-0.05, 0) is 36.1 Å². The van der Waals surface area contributed by atoms with Gasteiger partial charge in [0.2, 0.25) is 11.8 Å². The van der Waals surface area contributed by atoms with E-state index in [-0.39, 0.29) is 30.9 Å². The number of amides is 2. The van der Waals surface area contributed by atoms with Crippen LogP contribution in [0.15, 0.2) is 18.3 Å². The molecule has 0 bridgehead atoms. The molecule has 146 valence electrons. The zero-order valence-electron chi connectivity index (χ0n) is 14.6. The maximum Gasteiger partial charge on any atom is 0.389 e. The number of fused-ring (bicyclic) bond motifs is 1. The van der Waals surface area contributed by atoms with Crippen LogP contribution in [0.3, 0.4) is 0 Å². The Balaban J connectivity index is 1.41. The highest BCUT2D eigenvalue weighted by Gasteiger charge is 2.31. The number of halogens is 3. The van der Waals surface area contributed by atoms with Crippen LogP contribution in [-0.2, 0) is 20.7 Å². The van der Waals surface area contributed by atoms with Gasteiger partial charge >= 0.3 is 6.18 Å². The summed E-state index contributed by atoms with van der Waals surface area (Å²) in [6, 6.07) is 1.88. The summed E-state index contributed by atoms with van der Waals surface area (Å²) in [5.41, 5.74) is 1.69. The quantitative estimate of drug-likeness (QED) is 0.605. The summed E-state index contributed by atoms with van der Waals surface area (Å²) in [6.45, 7) is 0.798. The molecule has 1 saturated heterocycles. The number of likely N-dealkylation sites (tertiary alicyclic amines) is 1. The Hall–Kier alpha value is -2.42. The number of nitrogens with one attached hydrogen (secondary N) is 1. The van der Waals surface area contributed by atoms with Crippen molar-refractivity contribution >= 4 is 23.7 Å². The van der Waals surface area contributed by atoms with E-state index in [0.29, 0.717) is 31.7 Å². The van der Waals surface area contributed by atoms with Gasteiger partial charge in [0, 0.05) is 44.8 Å². The number of pyridine rings is 1. The summed E-state index contributed by atoms with van der Waals surface area (Å²) in [4.78, 5) is 29.2. The van der Waals surface area contributed by atoms with Crippen LogP contribution < -0.4 is 5.32 Å². The van der Waals surface area contributed by atoms with Crippen LogP contribution >= 0.6 is 0 Å². The first-order valence-corrected chi connectivity index (χ1v) is 8.74. The fourth-order valence-corrected chi connectivity index (χ4v) is 2.88. The molecule has 1 N–H and O–H groups in total. The van der Waals surface area contributed by atoms with Gasteiger partial charge in [0.1, 0.15) is 5.82 Å². The lowest BCUT2D eigenvalue weighted by Crippen LogP contribution is -2.54. The number of aryl methyl sites for hydroxylation is 1. The zero-order valence-corrected chi connectivity index (χ0v) is 14.6. The van der Waals surface area contributed by atoms with E-state index in [2.05, 4.69) is 10.3 Å². The van der Waals surface area contributed by atoms with Crippen molar-refractivity contribution in [2.24, 2.45) is 0 Å². The number of rotatable bonds is 6. The van der Waals surface area contributed by atoms with Crippen molar-refractivity contribution in [3.63, 3.8) is 0 Å². The van der Waals surface area contributed by atoms with Crippen LogP contribution in [0, 0.1) is 0 Å². The number of aromatic nitrogens is 1. The molecule has 0 aromatic carbocycles. The first-order valence-electron chi connectivity index (χ1n) is 8.74. The molecule has 0 saturated carbocycles. The van der Waals surface area contributed by atoms with E-state index in [4.69, 9.17) is 4.74 Å². The molecular weight excluding hydrogens is 363 g/mol. The average Bonchev–Trinajstić information content (AvgIpc) is 2.57. The summed E-state index contributed by atoms with van der Waals surface area (Å²) in [5.74, 6) is 0.320. The Morgan fingerprint density at radius 1 is 1.37 bits per heavy atom. The van der Waals surface area contributed by atoms with Crippen molar-refractivity contribution in [2.75, 3.05) is 25.0 Å². The summed E-state index contributed by atoms with van der Waals surface area (Å²) in [6.07, 6.45) is 0.410. The lowest BCUT2D eigenvalue weighted by molar-refractivity contribution is -0.146. The molecule has 1 fully saturated rings. The maximum absolute atomic E-state index is 12.1. The molecule has 2 aliphatic rings. The van der Waals surface area contributed by atoms with Gasteiger partial charge in [-0.25, -0.2) is 4.98 Å². The molecule has 6 nitrogen and oxygen atoms in total. The number of ether oxygens (including phenoxy) is 1. The Labute approximate surface area is 154 Å². The first-order chi connectivity index (χ1) is 12.8. The highest BCUT2D eigenvalue weighted by atomic mass is 19.4. The Kier molecular flexibility index (Phi) is 5.79. The van der Waals surface area contributed by atoms with Gasteiger partial charge in [0.25, 0.3) is 0 Å². The van der Waals surface area contributed by atoms with Gasteiger partial charge < -0.3 is 15.0 Å². The maximum atomic E-state index is 12.1. The van der Waals surface area contributed by atoms with E-state index in [9.17, 15) is 22.8 Å². The van der Waals surface area contributed by atoms with E-state index >= 15 is 0 Å². The lowest BCUT2D eigenvalue weighted by Gasteiger charge is -2.38. The van der Waals surface area contributed by atoms with Crippen molar-refractivity contribution < 1.29 is 27.5 Å². The third-order valence-electron chi connectivity index (χ3n) is 4.40. The highest BCUT2D eigenvalue weighted by molar-refractivity contribution is 5.94. The second-order valence-corrected chi connectivity index (χ2v) is 6.61. The van der Waals surface area contributed by atoms with Crippen molar-refractivity contribution in [3.05, 3.63) is 29.5 Å². The van der Waals surface area contributed by atoms with Gasteiger partial charge in [-0.2, -0.15) is 13.2 Å². The van der Waals surface area contributed by atoms with E-state index < -0.39 is 12.6 Å². The summed E-state index contributed by atoms with van der Waals surface area (Å²) in [7, 11) is 0. The normalized spacial score (nSPS) is 17.6. The largest absolute Gasteiger partial charge is 0.389 e. The number of hydrogen-bond acceptors (Lipinski definition) is 4. The molecule has 1 aromatic rings. The minimum atomic E-state index is -4.16. The molecular formula is C18H20F3N3O3. The third-order valence-corrected chi connectivity index (χ3v) is 4.40.